The van der Waals surface area contributed by atoms with E-state index in [4.69, 9.17) is 9.47 Å². The standard InChI is InChI=1S/C24H25BrN4O5S/c1-15-12-16(2)27-24(26-15)29-35(31,32)20-8-6-18(7-9-20)28-23(30)17-5-10-22(21(25)13-17)34-14-19-4-3-11-33-19/h5-10,12-13,19H,3-4,11,14H2,1-2H3,(H,28,30)(H,26,27,29). The van der Waals surface area contributed by atoms with Crippen molar-refractivity contribution in [2.45, 2.75) is 37.7 Å². The Labute approximate surface area is 212 Å². The van der Waals surface area contributed by atoms with Crippen LogP contribution in [0.25, 0.3) is 0 Å². The van der Waals surface area contributed by atoms with Crippen molar-refractivity contribution in [2.75, 3.05) is 23.3 Å². The van der Waals surface area contributed by atoms with Crippen molar-refractivity contribution in [1.29, 1.82) is 0 Å². The fraction of sp³-hybridized carbons (Fsp3) is 0.292. The van der Waals surface area contributed by atoms with Gasteiger partial charge < -0.3 is 14.8 Å². The minimum Gasteiger partial charge on any atom is -0.490 e. The number of carbonyl (C=O) groups is 1. The van der Waals surface area contributed by atoms with E-state index in [0.29, 0.717) is 39.5 Å². The fourth-order valence-electron chi connectivity index (χ4n) is 3.59. The summed E-state index contributed by atoms with van der Waals surface area (Å²) in [6.07, 6.45) is 2.12. The number of amides is 1. The van der Waals surface area contributed by atoms with Crippen LogP contribution in [0.15, 0.2) is 57.9 Å². The van der Waals surface area contributed by atoms with E-state index in [1.165, 1.54) is 24.3 Å². The summed E-state index contributed by atoms with van der Waals surface area (Å²) in [7, 11) is -3.88. The summed E-state index contributed by atoms with van der Waals surface area (Å²) in [6.45, 7) is 4.74. The average Bonchev–Trinajstić information content (AvgIpc) is 3.31. The highest BCUT2D eigenvalue weighted by Crippen LogP contribution is 2.27. The first-order valence-corrected chi connectivity index (χ1v) is 13.3. The van der Waals surface area contributed by atoms with E-state index in [1.54, 1.807) is 38.1 Å². The van der Waals surface area contributed by atoms with Crippen LogP contribution in [0.4, 0.5) is 11.6 Å². The van der Waals surface area contributed by atoms with Crippen molar-refractivity contribution in [3.05, 3.63) is 70.0 Å². The van der Waals surface area contributed by atoms with Crippen LogP contribution in [0.3, 0.4) is 0 Å². The largest absolute Gasteiger partial charge is 0.490 e. The third-order valence-corrected chi connectivity index (χ3v) is 7.24. The molecule has 9 nitrogen and oxygen atoms in total. The number of benzene rings is 2. The van der Waals surface area contributed by atoms with Crippen LogP contribution in [-0.4, -0.2) is 43.6 Å². The highest BCUT2D eigenvalue weighted by Gasteiger charge is 2.18. The minimum atomic E-state index is -3.88. The smallest absolute Gasteiger partial charge is 0.264 e. The van der Waals surface area contributed by atoms with Gasteiger partial charge in [0.1, 0.15) is 12.4 Å². The molecule has 35 heavy (non-hydrogen) atoms. The number of halogens is 1. The molecule has 184 valence electrons. The molecular formula is C24H25BrN4O5S. The highest BCUT2D eigenvalue weighted by molar-refractivity contribution is 9.10. The molecule has 0 aliphatic carbocycles. The molecule has 1 amide bonds. The van der Waals surface area contributed by atoms with Crippen molar-refractivity contribution < 1.29 is 22.7 Å². The molecule has 11 heteroatoms. The predicted molar refractivity (Wildman–Crippen MR) is 135 cm³/mol. The van der Waals surface area contributed by atoms with Crippen LogP contribution in [0.2, 0.25) is 0 Å². The van der Waals surface area contributed by atoms with E-state index in [-0.39, 0.29) is 22.9 Å². The number of rotatable bonds is 8. The van der Waals surface area contributed by atoms with Crippen LogP contribution in [0.1, 0.15) is 34.6 Å². The Kier molecular flexibility index (Phi) is 7.68. The highest BCUT2D eigenvalue weighted by atomic mass is 79.9. The molecule has 1 unspecified atom stereocenters. The number of anilines is 2. The number of aryl methyl sites for hydroxylation is 2. The Morgan fingerprint density at radius 1 is 1.11 bits per heavy atom. The molecule has 1 aliphatic heterocycles. The van der Waals surface area contributed by atoms with Gasteiger partial charge in [-0.05, 0) is 91.1 Å². The number of hydrogen-bond acceptors (Lipinski definition) is 7. The van der Waals surface area contributed by atoms with Crippen molar-refractivity contribution in [1.82, 2.24) is 9.97 Å². The van der Waals surface area contributed by atoms with Gasteiger partial charge in [-0.2, -0.15) is 0 Å². The lowest BCUT2D eigenvalue weighted by atomic mass is 10.2. The number of aromatic nitrogens is 2. The molecule has 0 saturated carbocycles. The quantitative estimate of drug-likeness (QED) is 0.417. The van der Waals surface area contributed by atoms with Gasteiger partial charge in [-0.25, -0.2) is 23.1 Å². The second-order valence-corrected chi connectivity index (χ2v) is 10.7. The van der Waals surface area contributed by atoms with Crippen LogP contribution in [-0.2, 0) is 14.8 Å². The summed E-state index contributed by atoms with van der Waals surface area (Å²) >= 11 is 3.45. The van der Waals surface area contributed by atoms with Crippen LogP contribution in [0, 0.1) is 13.8 Å². The lowest BCUT2D eigenvalue weighted by molar-refractivity contribution is 0.0677. The summed E-state index contributed by atoms with van der Waals surface area (Å²) in [4.78, 5) is 20.9. The van der Waals surface area contributed by atoms with Gasteiger partial charge in [0.15, 0.2) is 0 Å². The van der Waals surface area contributed by atoms with Gasteiger partial charge in [0.05, 0.1) is 15.5 Å². The first-order valence-electron chi connectivity index (χ1n) is 11.0. The van der Waals surface area contributed by atoms with Gasteiger partial charge in [-0.15, -0.1) is 0 Å². The Hall–Kier alpha value is -3.02. The number of hydrogen-bond donors (Lipinski definition) is 2. The van der Waals surface area contributed by atoms with Crippen LogP contribution in [0.5, 0.6) is 5.75 Å². The van der Waals surface area contributed by atoms with E-state index < -0.39 is 10.0 Å². The van der Waals surface area contributed by atoms with Gasteiger partial charge in [0, 0.05) is 29.2 Å². The molecule has 2 aromatic carbocycles. The van der Waals surface area contributed by atoms with E-state index in [9.17, 15) is 13.2 Å². The number of sulfonamides is 1. The van der Waals surface area contributed by atoms with Gasteiger partial charge in [-0.3, -0.25) is 4.79 Å². The van der Waals surface area contributed by atoms with Crippen molar-refractivity contribution >= 4 is 43.5 Å². The van der Waals surface area contributed by atoms with E-state index in [2.05, 4.69) is 35.9 Å². The Bertz CT molecular complexity index is 1310. The molecule has 2 N–H and O–H groups in total. The maximum atomic E-state index is 12.7. The van der Waals surface area contributed by atoms with Gasteiger partial charge in [-0.1, -0.05) is 0 Å². The first kappa shape index (κ1) is 25.1. The second-order valence-electron chi connectivity index (χ2n) is 8.15. The Balaban J connectivity index is 1.38. The minimum absolute atomic E-state index is 0.00801. The van der Waals surface area contributed by atoms with Gasteiger partial charge >= 0.3 is 0 Å². The molecule has 0 bridgehead atoms. The SMILES string of the molecule is Cc1cc(C)nc(NS(=O)(=O)c2ccc(NC(=O)c3ccc(OCC4CCCO4)c(Br)c3)cc2)n1. The normalized spacial score (nSPS) is 15.6. The Morgan fingerprint density at radius 2 is 1.83 bits per heavy atom. The zero-order valence-corrected chi connectivity index (χ0v) is 21.6. The Morgan fingerprint density at radius 3 is 2.46 bits per heavy atom. The number of nitrogens with one attached hydrogen (secondary N) is 2. The number of nitrogens with zero attached hydrogens (tertiary/aromatic N) is 2. The summed E-state index contributed by atoms with van der Waals surface area (Å²) in [6, 6.07) is 12.7. The molecule has 4 rings (SSSR count). The summed E-state index contributed by atoms with van der Waals surface area (Å²) in [5.41, 5.74) is 2.18. The summed E-state index contributed by atoms with van der Waals surface area (Å²) in [5, 5.41) is 2.76. The average molecular weight is 561 g/mol. The number of ether oxygens (including phenoxy) is 2. The van der Waals surface area contributed by atoms with E-state index in [0.717, 1.165) is 19.4 Å². The van der Waals surface area contributed by atoms with E-state index in [1.807, 2.05) is 0 Å². The zero-order chi connectivity index (χ0) is 25.0. The molecule has 2 heterocycles. The maximum Gasteiger partial charge on any atom is 0.264 e. The molecule has 1 saturated heterocycles. The van der Waals surface area contributed by atoms with E-state index >= 15 is 0 Å². The summed E-state index contributed by atoms with van der Waals surface area (Å²) < 4.78 is 39.8. The summed E-state index contributed by atoms with van der Waals surface area (Å²) in [5.74, 6) is 0.300. The van der Waals surface area contributed by atoms with Gasteiger partial charge in [0.25, 0.3) is 15.9 Å². The molecule has 0 radical (unpaired) electrons. The van der Waals surface area contributed by atoms with Crippen molar-refractivity contribution in [2.24, 2.45) is 0 Å². The number of carbonyl (C=O) groups excluding carboxylic acids is 1. The predicted octanol–water partition coefficient (Wildman–Crippen LogP) is 4.47. The molecule has 3 aromatic rings. The first-order chi connectivity index (χ1) is 16.7. The topological polar surface area (TPSA) is 120 Å². The molecule has 1 fully saturated rings. The molecule has 1 aliphatic rings. The second kappa shape index (κ2) is 10.7. The van der Waals surface area contributed by atoms with Crippen molar-refractivity contribution in [3.63, 3.8) is 0 Å². The molecule has 0 spiro atoms. The maximum absolute atomic E-state index is 12.7. The van der Waals surface area contributed by atoms with Gasteiger partial charge in [0.2, 0.25) is 5.95 Å². The third kappa shape index (κ3) is 6.56. The fourth-order valence-corrected chi connectivity index (χ4v) is 5.03. The zero-order valence-electron chi connectivity index (χ0n) is 19.2. The van der Waals surface area contributed by atoms with Crippen molar-refractivity contribution in [3.8, 4) is 5.75 Å². The monoisotopic (exact) mass is 560 g/mol. The molecular weight excluding hydrogens is 536 g/mol. The third-order valence-electron chi connectivity index (χ3n) is 5.27. The molecule has 1 aromatic heterocycles. The lowest BCUT2D eigenvalue weighted by Crippen LogP contribution is -2.17. The molecule has 1 atom stereocenters. The van der Waals surface area contributed by atoms with Crippen LogP contribution < -0.4 is 14.8 Å². The van der Waals surface area contributed by atoms with Crippen LogP contribution >= 0.6 is 15.9 Å². The lowest BCUT2D eigenvalue weighted by Gasteiger charge is -2.13.